The average molecular weight is 387 g/mol. The quantitative estimate of drug-likeness (QED) is 0.853. The molecule has 0 aliphatic rings. The van der Waals surface area contributed by atoms with Crippen molar-refractivity contribution in [2.24, 2.45) is 0 Å². The van der Waals surface area contributed by atoms with Crippen molar-refractivity contribution in [1.29, 1.82) is 0 Å². The molecule has 8 heteroatoms. The van der Waals surface area contributed by atoms with Crippen LogP contribution in [0.25, 0.3) is 0 Å². The number of benzene rings is 2. The molecule has 1 N–H and O–H groups in total. The predicted molar refractivity (Wildman–Crippen MR) is 96.1 cm³/mol. The van der Waals surface area contributed by atoms with Gasteiger partial charge in [-0.3, -0.25) is 4.79 Å². The highest BCUT2D eigenvalue weighted by Gasteiger charge is 2.25. The third kappa shape index (κ3) is 4.48. The van der Waals surface area contributed by atoms with Gasteiger partial charge in [-0.05, 0) is 37.3 Å². The van der Waals surface area contributed by atoms with E-state index in [1.165, 1.54) is 25.2 Å². The molecule has 128 valence electrons. The second-order valence-corrected chi connectivity index (χ2v) is 8.11. The zero-order chi connectivity index (χ0) is 17.9. The predicted octanol–water partition coefficient (Wildman–Crippen LogP) is 3.56. The van der Waals surface area contributed by atoms with Gasteiger partial charge in [0.25, 0.3) is 0 Å². The number of halogens is 2. The van der Waals surface area contributed by atoms with Crippen molar-refractivity contribution >= 4 is 44.8 Å². The van der Waals surface area contributed by atoms with Crippen molar-refractivity contribution in [2.75, 3.05) is 18.9 Å². The first-order chi connectivity index (χ1) is 11.2. The second-order valence-electron chi connectivity index (χ2n) is 5.25. The van der Waals surface area contributed by atoms with E-state index in [1.807, 2.05) is 19.1 Å². The molecular weight excluding hydrogens is 371 g/mol. The summed E-state index contributed by atoms with van der Waals surface area (Å²) in [6.07, 6.45) is 0. The van der Waals surface area contributed by atoms with E-state index in [-0.39, 0.29) is 21.5 Å². The van der Waals surface area contributed by atoms with Crippen LogP contribution >= 0.6 is 23.2 Å². The van der Waals surface area contributed by atoms with Crippen LogP contribution in [0.1, 0.15) is 5.56 Å². The van der Waals surface area contributed by atoms with Crippen molar-refractivity contribution in [2.45, 2.75) is 11.8 Å². The first kappa shape index (κ1) is 18.7. The van der Waals surface area contributed by atoms with E-state index >= 15 is 0 Å². The SMILES string of the molecule is Cc1ccc(NC(=O)CN(C)S(=O)(=O)c2cc(Cl)ccc2Cl)cc1. The summed E-state index contributed by atoms with van der Waals surface area (Å²) in [6.45, 7) is 1.58. The van der Waals surface area contributed by atoms with Crippen LogP contribution in [0.3, 0.4) is 0 Å². The molecule has 0 radical (unpaired) electrons. The van der Waals surface area contributed by atoms with Gasteiger partial charge in [0.05, 0.1) is 11.6 Å². The molecule has 1 amide bonds. The number of aryl methyl sites for hydroxylation is 1. The van der Waals surface area contributed by atoms with Crippen molar-refractivity contribution in [1.82, 2.24) is 4.31 Å². The zero-order valence-electron chi connectivity index (χ0n) is 13.1. The van der Waals surface area contributed by atoms with E-state index in [0.717, 1.165) is 9.87 Å². The van der Waals surface area contributed by atoms with E-state index in [0.29, 0.717) is 5.69 Å². The van der Waals surface area contributed by atoms with Crippen LogP contribution in [0, 0.1) is 6.92 Å². The number of nitrogens with zero attached hydrogens (tertiary/aromatic N) is 1. The molecule has 0 heterocycles. The van der Waals surface area contributed by atoms with E-state index in [9.17, 15) is 13.2 Å². The number of hydrogen-bond donors (Lipinski definition) is 1. The van der Waals surface area contributed by atoms with E-state index in [2.05, 4.69) is 5.32 Å². The highest BCUT2D eigenvalue weighted by molar-refractivity contribution is 7.89. The summed E-state index contributed by atoms with van der Waals surface area (Å²) in [4.78, 5) is 11.9. The Kier molecular flexibility index (Phi) is 5.87. The molecule has 5 nitrogen and oxygen atoms in total. The fraction of sp³-hybridized carbons (Fsp3) is 0.188. The molecule has 2 aromatic rings. The molecule has 2 aromatic carbocycles. The Morgan fingerprint density at radius 2 is 1.75 bits per heavy atom. The molecular formula is C16H16Cl2N2O3S. The van der Waals surface area contributed by atoms with Crippen LogP contribution in [-0.4, -0.2) is 32.2 Å². The molecule has 0 saturated carbocycles. The molecule has 0 fully saturated rings. The van der Waals surface area contributed by atoms with Gasteiger partial charge in [0, 0.05) is 17.8 Å². The summed E-state index contributed by atoms with van der Waals surface area (Å²) in [5.41, 5.74) is 1.65. The monoisotopic (exact) mass is 386 g/mol. The molecule has 0 aliphatic heterocycles. The van der Waals surface area contributed by atoms with Gasteiger partial charge in [0.15, 0.2) is 0 Å². The number of nitrogens with one attached hydrogen (secondary N) is 1. The van der Waals surface area contributed by atoms with Gasteiger partial charge in [-0.15, -0.1) is 0 Å². The Labute approximate surface area is 151 Å². The second kappa shape index (κ2) is 7.53. The lowest BCUT2D eigenvalue weighted by atomic mass is 10.2. The zero-order valence-corrected chi connectivity index (χ0v) is 15.4. The fourth-order valence-corrected chi connectivity index (χ4v) is 3.83. The minimum absolute atomic E-state index is 0.0465. The lowest BCUT2D eigenvalue weighted by Crippen LogP contribution is -2.35. The standard InChI is InChI=1S/C16H16Cl2N2O3S/c1-11-3-6-13(7-4-11)19-16(21)10-20(2)24(22,23)15-9-12(17)5-8-14(15)18/h3-9H,10H2,1-2H3,(H,19,21). The molecule has 24 heavy (non-hydrogen) atoms. The first-order valence-electron chi connectivity index (χ1n) is 6.98. The molecule has 0 aromatic heterocycles. The van der Waals surface area contributed by atoms with E-state index < -0.39 is 15.9 Å². The number of amides is 1. The van der Waals surface area contributed by atoms with Gasteiger partial charge >= 0.3 is 0 Å². The minimum Gasteiger partial charge on any atom is -0.325 e. The number of rotatable bonds is 5. The Hall–Kier alpha value is -1.60. The largest absolute Gasteiger partial charge is 0.325 e. The summed E-state index contributed by atoms with van der Waals surface area (Å²) in [5.74, 6) is -0.455. The van der Waals surface area contributed by atoms with Gasteiger partial charge in [-0.2, -0.15) is 4.31 Å². The van der Waals surface area contributed by atoms with Crippen molar-refractivity contribution in [3.8, 4) is 0 Å². The number of anilines is 1. The summed E-state index contributed by atoms with van der Waals surface area (Å²) >= 11 is 11.8. The Morgan fingerprint density at radius 1 is 1.12 bits per heavy atom. The number of hydrogen-bond acceptors (Lipinski definition) is 3. The van der Waals surface area contributed by atoms with Gasteiger partial charge in [0.1, 0.15) is 4.90 Å². The van der Waals surface area contributed by atoms with Crippen LogP contribution in [0.2, 0.25) is 10.0 Å². The molecule has 0 unspecified atom stereocenters. The average Bonchev–Trinajstić information content (AvgIpc) is 2.51. The van der Waals surface area contributed by atoms with Crippen LogP contribution in [0.15, 0.2) is 47.4 Å². The smallest absolute Gasteiger partial charge is 0.244 e. The number of carbonyl (C=O) groups excluding carboxylic acids is 1. The normalized spacial score (nSPS) is 11.5. The lowest BCUT2D eigenvalue weighted by Gasteiger charge is -2.18. The molecule has 0 aliphatic carbocycles. The van der Waals surface area contributed by atoms with Gasteiger partial charge < -0.3 is 5.32 Å². The van der Waals surface area contributed by atoms with Gasteiger partial charge in [-0.1, -0.05) is 40.9 Å². The molecule has 2 rings (SSSR count). The maximum Gasteiger partial charge on any atom is 0.244 e. The number of sulfonamides is 1. The number of carbonyl (C=O) groups is 1. The highest BCUT2D eigenvalue weighted by Crippen LogP contribution is 2.27. The van der Waals surface area contributed by atoms with E-state index in [1.54, 1.807) is 12.1 Å². The van der Waals surface area contributed by atoms with Crippen LogP contribution in [0.4, 0.5) is 5.69 Å². The summed E-state index contributed by atoms with van der Waals surface area (Å²) < 4.78 is 26.0. The molecule has 0 spiro atoms. The Morgan fingerprint density at radius 3 is 2.38 bits per heavy atom. The topological polar surface area (TPSA) is 66.5 Å². The third-order valence-electron chi connectivity index (χ3n) is 3.28. The summed E-state index contributed by atoms with van der Waals surface area (Å²) in [7, 11) is -2.62. The van der Waals surface area contributed by atoms with Crippen molar-refractivity contribution in [3.05, 3.63) is 58.1 Å². The third-order valence-corrected chi connectivity index (χ3v) is 5.80. The lowest BCUT2D eigenvalue weighted by molar-refractivity contribution is -0.116. The first-order valence-corrected chi connectivity index (χ1v) is 9.17. The van der Waals surface area contributed by atoms with Gasteiger partial charge in [0.2, 0.25) is 15.9 Å². The van der Waals surface area contributed by atoms with Crippen LogP contribution < -0.4 is 5.32 Å². The molecule has 0 atom stereocenters. The summed E-state index contributed by atoms with van der Waals surface area (Å²) in [6, 6.07) is 11.3. The van der Waals surface area contributed by atoms with E-state index in [4.69, 9.17) is 23.2 Å². The van der Waals surface area contributed by atoms with Gasteiger partial charge in [-0.25, -0.2) is 8.42 Å². The maximum absolute atomic E-state index is 12.5. The number of likely N-dealkylation sites (N-methyl/N-ethyl adjacent to an activating group) is 1. The summed E-state index contributed by atoms with van der Waals surface area (Å²) in [5, 5.41) is 2.94. The minimum atomic E-state index is -3.93. The fourth-order valence-electron chi connectivity index (χ4n) is 1.97. The highest BCUT2D eigenvalue weighted by atomic mass is 35.5. The molecule has 0 saturated heterocycles. The maximum atomic E-state index is 12.5. The Balaban J connectivity index is 2.12. The Bertz CT molecular complexity index is 852. The van der Waals surface area contributed by atoms with Crippen molar-refractivity contribution < 1.29 is 13.2 Å². The van der Waals surface area contributed by atoms with Crippen LogP contribution in [0.5, 0.6) is 0 Å². The molecule has 0 bridgehead atoms. The van der Waals surface area contributed by atoms with Crippen molar-refractivity contribution in [3.63, 3.8) is 0 Å². The van der Waals surface area contributed by atoms with Crippen LogP contribution in [-0.2, 0) is 14.8 Å².